The molecular formula is C11H22ClNO. The van der Waals surface area contributed by atoms with Crippen molar-refractivity contribution in [2.45, 2.75) is 38.1 Å². The largest absolute Gasteiger partial charge is 0.380 e. The molecule has 1 atom stereocenters. The summed E-state index contributed by atoms with van der Waals surface area (Å²) in [5.41, 5.74) is 0. The fraction of sp³-hybridized carbons (Fsp3) is 1.00. The zero-order valence-corrected chi connectivity index (χ0v) is 9.93. The van der Waals surface area contributed by atoms with Gasteiger partial charge < -0.3 is 9.64 Å². The molecule has 3 heteroatoms. The molecule has 1 rings (SSSR count). The molecule has 0 aromatic rings. The van der Waals surface area contributed by atoms with Crippen LogP contribution in [0.5, 0.6) is 0 Å². The van der Waals surface area contributed by atoms with Crippen LogP contribution in [-0.2, 0) is 4.74 Å². The molecule has 1 fully saturated rings. The smallest absolute Gasteiger partial charge is 0.0622 e. The van der Waals surface area contributed by atoms with Gasteiger partial charge in [0.15, 0.2) is 0 Å². The van der Waals surface area contributed by atoms with Gasteiger partial charge in [-0.2, -0.15) is 0 Å². The molecular weight excluding hydrogens is 198 g/mol. The summed E-state index contributed by atoms with van der Waals surface area (Å²) < 4.78 is 5.36. The Bertz CT molecular complexity index is 137. The first-order valence-electron chi connectivity index (χ1n) is 5.68. The standard InChI is InChI=1S/C11H22ClNO/c1-13(11-6-9-14-10-11)8-5-3-2-4-7-12/h11H,2-10H2,1H3. The molecule has 1 saturated heterocycles. The normalized spacial score (nSPS) is 22.1. The van der Waals surface area contributed by atoms with Gasteiger partial charge in [-0.25, -0.2) is 0 Å². The van der Waals surface area contributed by atoms with E-state index in [1.165, 1.54) is 32.2 Å². The molecule has 1 unspecified atom stereocenters. The second kappa shape index (κ2) is 7.49. The van der Waals surface area contributed by atoms with E-state index in [4.69, 9.17) is 16.3 Å². The maximum absolute atomic E-state index is 5.62. The second-order valence-electron chi connectivity index (χ2n) is 4.10. The van der Waals surface area contributed by atoms with Crippen molar-refractivity contribution in [3.05, 3.63) is 0 Å². The molecule has 0 radical (unpaired) electrons. The first-order chi connectivity index (χ1) is 6.84. The van der Waals surface area contributed by atoms with E-state index < -0.39 is 0 Å². The molecule has 0 saturated carbocycles. The van der Waals surface area contributed by atoms with Crippen molar-refractivity contribution < 1.29 is 4.74 Å². The zero-order valence-electron chi connectivity index (χ0n) is 9.17. The number of halogens is 1. The van der Waals surface area contributed by atoms with Gasteiger partial charge in [0.25, 0.3) is 0 Å². The average Bonchev–Trinajstić information content (AvgIpc) is 2.70. The Labute approximate surface area is 92.6 Å². The van der Waals surface area contributed by atoms with E-state index in [0.717, 1.165) is 25.5 Å². The average molecular weight is 220 g/mol. The van der Waals surface area contributed by atoms with Crippen molar-refractivity contribution in [1.82, 2.24) is 4.90 Å². The molecule has 0 aromatic carbocycles. The molecule has 0 bridgehead atoms. The van der Waals surface area contributed by atoms with E-state index >= 15 is 0 Å². The Hall–Kier alpha value is 0.210. The summed E-state index contributed by atoms with van der Waals surface area (Å²) >= 11 is 5.62. The monoisotopic (exact) mass is 219 g/mol. The highest BCUT2D eigenvalue weighted by atomic mass is 35.5. The van der Waals surface area contributed by atoms with E-state index in [9.17, 15) is 0 Å². The van der Waals surface area contributed by atoms with Gasteiger partial charge in [0.1, 0.15) is 0 Å². The van der Waals surface area contributed by atoms with E-state index in [1.807, 2.05) is 0 Å². The lowest BCUT2D eigenvalue weighted by molar-refractivity contribution is 0.158. The lowest BCUT2D eigenvalue weighted by Gasteiger charge is -2.22. The predicted molar refractivity (Wildman–Crippen MR) is 61.0 cm³/mol. The second-order valence-corrected chi connectivity index (χ2v) is 4.48. The van der Waals surface area contributed by atoms with Crippen LogP contribution >= 0.6 is 11.6 Å². The predicted octanol–water partition coefficient (Wildman–Crippen LogP) is 2.51. The molecule has 0 spiro atoms. The molecule has 84 valence electrons. The van der Waals surface area contributed by atoms with Crippen molar-refractivity contribution >= 4 is 11.6 Å². The fourth-order valence-electron chi connectivity index (χ4n) is 1.86. The van der Waals surface area contributed by atoms with Crippen LogP contribution in [0.4, 0.5) is 0 Å². The molecule has 1 aliphatic heterocycles. The summed E-state index contributed by atoms with van der Waals surface area (Å²) in [4.78, 5) is 2.44. The van der Waals surface area contributed by atoms with Crippen molar-refractivity contribution in [2.24, 2.45) is 0 Å². The first kappa shape index (κ1) is 12.3. The van der Waals surface area contributed by atoms with Crippen molar-refractivity contribution in [2.75, 3.05) is 32.7 Å². The van der Waals surface area contributed by atoms with Crippen LogP contribution in [0, 0.1) is 0 Å². The van der Waals surface area contributed by atoms with E-state index in [1.54, 1.807) is 0 Å². The van der Waals surface area contributed by atoms with Crippen molar-refractivity contribution in [3.8, 4) is 0 Å². The third-order valence-electron chi connectivity index (χ3n) is 2.92. The summed E-state index contributed by atoms with van der Waals surface area (Å²) in [5.74, 6) is 0.812. The van der Waals surface area contributed by atoms with Gasteiger partial charge in [-0.05, 0) is 32.9 Å². The Morgan fingerprint density at radius 3 is 2.71 bits per heavy atom. The summed E-state index contributed by atoms with van der Waals surface area (Å²) in [6.07, 6.45) is 6.25. The molecule has 1 aliphatic rings. The van der Waals surface area contributed by atoms with Crippen LogP contribution in [0.3, 0.4) is 0 Å². The van der Waals surface area contributed by atoms with E-state index in [-0.39, 0.29) is 0 Å². The van der Waals surface area contributed by atoms with Gasteiger partial charge in [-0.15, -0.1) is 11.6 Å². The minimum Gasteiger partial charge on any atom is -0.380 e. The molecule has 14 heavy (non-hydrogen) atoms. The van der Waals surface area contributed by atoms with E-state index in [0.29, 0.717) is 6.04 Å². The van der Waals surface area contributed by atoms with Gasteiger partial charge in [0, 0.05) is 18.5 Å². The maximum atomic E-state index is 5.62. The van der Waals surface area contributed by atoms with Gasteiger partial charge in [0.2, 0.25) is 0 Å². The topological polar surface area (TPSA) is 12.5 Å². The Morgan fingerprint density at radius 2 is 2.07 bits per heavy atom. The highest BCUT2D eigenvalue weighted by Gasteiger charge is 2.19. The minimum atomic E-state index is 0.669. The minimum absolute atomic E-state index is 0.669. The number of nitrogens with zero attached hydrogens (tertiary/aromatic N) is 1. The highest BCUT2D eigenvalue weighted by molar-refractivity contribution is 6.17. The molecule has 2 nitrogen and oxygen atoms in total. The SMILES string of the molecule is CN(CCCCCCCl)C1CCOC1. The van der Waals surface area contributed by atoms with Crippen LogP contribution in [0.25, 0.3) is 0 Å². The molecule has 0 aliphatic carbocycles. The van der Waals surface area contributed by atoms with Crippen LogP contribution in [0.2, 0.25) is 0 Å². The Balaban J connectivity index is 1.94. The molecule has 1 heterocycles. The van der Waals surface area contributed by atoms with Crippen LogP contribution in [0.1, 0.15) is 32.1 Å². The number of hydrogen-bond acceptors (Lipinski definition) is 2. The van der Waals surface area contributed by atoms with Gasteiger partial charge >= 0.3 is 0 Å². The number of unbranched alkanes of at least 4 members (excludes halogenated alkanes) is 3. The number of likely N-dealkylation sites (N-methyl/N-ethyl adjacent to an activating group) is 1. The Kier molecular flexibility index (Phi) is 6.57. The van der Waals surface area contributed by atoms with Gasteiger partial charge in [0.05, 0.1) is 6.61 Å². The molecule has 0 N–H and O–H groups in total. The third-order valence-corrected chi connectivity index (χ3v) is 3.19. The van der Waals surface area contributed by atoms with Crippen molar-refractivity contribution in [3.63, 3.8) is 0 Å². The van der Waals surface area contributed by atoms with E-state index in [2.05, 4.69) is 11.9 Å². The van der Waals surface area contributed by atoms with Crippen molar-refractivity contribution in [1.29, 1.82) is 0 Å². The summed E-state index contributed by atoms with van der Waals surface area (Å²) in [6, 6.07) is 0.669. The summed E-state index contributed by atoms with van der Waals surface area (Å²) in [7, 11) is 2.21. The maximum Gasteiger partial charge on any atom is 0.0622 e. The fourth-order valence-corrected chi connectivity index (χ4v) is 2.05. The Morgan fingerprint density at radius 1 is 1.29 bits per heavy atom. The number of hydrogen-bond donors (Lipinski definition) is 0. The van der Waals surface area contributed by atoms with Crippen LogP contribution in [-0.4, -0.2) is 43.6 Å². The first-order valence-corrected chi connectivity index (χ1v) is 6.22. The number of ether oxygens (including phenoxy) is 1. The lowest BCUT2D eigenvalue weighted by atomic mass is 10.1. The van der Waals surface area contributed by atoms with Gasteiger partial charge in [-0.3, -0.25) is 0 Å². The highest BCUT2D eigenvalue weighted by Crippen LogP contribution is 2.11. The lowest BCUT2D eigenvalue weighted by Crippen LogP contribution is -2.32. The zero-order chi connectivity index (χ0) is 10.2. The number of rotatable bonds is 7. The quantitative estimate of drug-likeness (QED) is 0.482. The van der Waals surface area contributed by atoms with Crippen LogP contribution in [0.15, 0.2) is 0 Å². The summed E-state index contributed by atoms with van der Waals surface area (Å²) in [5, 5.41) is 0. The summed E-state index contributed by atoms with van der Waals surface area (Å²) in [6.45, 7) is 3.08. The third kappa shape index (κ3) is 4.63. The molecule has 0 amide bonds. The molecule has 0 aromatic heterocycles. The number of alkyl halides is 1. The van der Waals surface area contributed by atoms with Crippen LogP contribution < -0.4 is 0 Å². The van der Waals surface area contributed by atoms with Gasteiger partial charge in [-0.1, -0.05) is 12.8 Å².